The Morgan fingerprint density at radius 1 is 1.16 bits per heavy atom. The Morgan fingerprint density at radius 2 is 1.95 bits per heavy atom. The van der Waals surface area contributed by atoms with Gasteiger partial charge in [0.1, 0.15) is 17.6 Å². The lowest BCUT2D eigenvalue weighted by Gasteiger charge is -2.27. The van der Waals surface area contributed by atoms with Gasteiger partial charge in [-0.05, 0) is 63.5 Å². The van der Waals surface area contributed by atoms with Gasteiger partial charge >= 0.3 is 5.97 Å². The van der Waals surface area contributed by atoms with Crippen molar-refractivity contribution in [1.29, 1.82) is 0 Å². The quantitative estimate of drug-likeness (QED) is 0.267. The summed E-state index contributed by atoms with van der Waals surface area (Å²) in [6.07, 6.45) is 9.72. The van der Waals surface area contributed by atoms with E-state index in [-0.39, 0.29) is 54.5 Å². The lowest BCUT2D eigenvalue weighted by molar-refractivity contribution is -0.152. The number of nitrogens with zero attached hydrogens (tertiary/aromatic N) is 2. The number of aryl methyl sites for hydroxylation is 1. The number of allylic oxidation sites excluding steroid dienone is 2. The Bertz CT molecular complexity index is 1430. The van der Waals surface area contributed by atoms with E-state index in [4.69, 9.17) is 19.2 Å². The third-order valence-electron chi connectivity index (χ3n) is 9.79. The molecule has 1 aromatic carbocycles. The molecule has 8 nitrogen and oxygen atoms in total. The zero-order valence-electron chi connectivity index (χ0n) is 27.2. The van der Waals surface area contributed by atoms with Crippen molar-refractivity contribution >= 4 is 28.6 Å². The molecule has 0 N–H and O–H groups in total. The molecule has 0 bridgehead atoms. The molecule has 1 amide bonds. The summed E-state index contributed by atoms with van der Waals surface area (Å²) < 4.78 is 17.7. The van der Waals surface area contributed by atoms with Gasteiger partial charge in [0.15, 0.2) is 5.78 Å². The van der Waals surface area contributed by atoms with Crippen molar-refractivity contribution in [2.45, 2.75) is 104 Å². The Hall–Kier alpha value is -3.42. The molecule has 2 fully saturated rings. The van der Waals surface area contributed by atoms with Crippen molar-refractivity contribution in [2.24, 2.45) is 17.3 Å². The van der Waals surface area contributed by atoms with Gasteiger partial charge in [-0.1, -0.05) is 45.8 Å². The average molecular weight is 605 g/mol. The van der Waals surface area contributed by atoms with Gasteiger partial charge in [0.2, 0.25) is 5.91 Å². The van der Waals surface area contributed by atoms with E-state index in [0.29, 0.717) is 25.1 Å². The van der Waals surface area contributed by atoms with Crippen LogP contribution < -0.4 is 9.47 Å². The molecule has 0 unspecified atom stereocenters. The largest absolute Gasteiger partial charge is 0.496 e. The SMILES string of the molecule is CCOC(=O)[C@]12CC(=O)[C@@H]3C[C@@H](Oc4cc(C(C)C)nc5c(C)c(OC)ccc45)CN3C(=O)[C@@H](C)CCCCC/C=C\[C@@H]1C2. The number of amides is 1. The first-order valence-corrected chi connectivity index (χ1v) is 16.4. The fourth-order valence-corrected chi connectivity index (χ4v) is 6.98. The summed E-state index contributed by atoms with van der Waals surface area (Å²) in [6, 6.07) is 5.22. The second-order valence-electron chi connectivity index (χ2n) is 13.3. The monoisotopic (exact) mass is 604 g/mol. The van der Waals surface area contributed by atoms with Gasteiger partial charge in [0.25, 0.3) is 0 Å². The van der Waals surface area contributed by atoms with Crippen LogP contribution in [0.4, 0.5) is 0 Å². The smallest absolute Gasteiger partial charge is 0.313 e. The number of pyridine rings is 1. The molecule has 1 aromatic heterocycles. The molecule has 2 aromatic rings. The number of carbonyl (C=O) groups is 3. The van der Waals surface area contributed by atoms with E-state index in [2.05, 4.69) is 26.0 Å². The summed E-state index contributed by atoms with van der Waals surface area (Å²) in [6.45, 7) is 10.5. The minimum absolute atomic E-state index is 0.00924. The summed E-state index contributed by atoms with van der Waals surface area (Å²) in [4.78, 5) is 47.8. The molecule has 0 radical (unpaired) electrons. The molecule has 2 aliphatic heterocycles. The van der Waals surface area contributed by atoms with Crippen molar-refractivity contribution in [2.75, 3.05) is 20.3 Å². The number of carbonyl (C=O) groups excluding carboxylic acids is 3. The maximum Gasteiger partial charge on any atom is 0.313 e. The van der Waals surface area contributed by atoms with Gasteiger partial charge in [0, 0.05) is 41.5 Å². The third kappa shape index (κ3) is 6.36. The van der Waals surface area contributed by atoms with Crippen LogP contribution in [0, 0.1) is 24.2 Å². The van der Waals surface area contributed by atoms with Crippen LogP contribution in [0.5, 0.6) is 11.5 Å². The molecule has 1 aliphatic carbocycles. The fourth-order valence-electron chi connectivity index (χ4n) is 6.98. The first-order chi connectivity index (χ1) is 21.1. The number of rotatable bonds is 6. The van der Waals surface area contributed by atoms with Crippen LogP contribution in [0.2, 0.25) is 0 Å². The van der Waals surface area contributed by atoms with Gasteiger partial charge in [-0.2, -0.15) is 0 Å². The molecule has 5 rings (SSSR count). The van der Waals surface area contributed by atoms with E-state index in [0.717, 1.165) is 60.0 Å². The Kier molecular flexibility index (Phi) is 9.66. The highest BCUT2D eigenvalue weighted by Gasteiger charge is 2.61. The lowest BCUT2D eigenvalue weighted by atomic mass is 9.91. The van der Waals surface area contributed by atoms with E-state index >= 15 is 0 Å². The summed E-state index contributed by atoms with van der Waals surface area (Å²) >= 11 is 0. The Labute approximate surface area is 261 Å². The number of fused-ring (bicyclic) bond motifs is 3. The van der Waals surface area contributed by atoms with Crippen LogP contribution in [0.1, 0.15) is 96.2 Å². The van der Waals surface area contributed by atoms with Gasteiger partial charge in [-0.15, -0.1) is 0 Å². The number of methoxy groups -OCH3 is 1. The summed E-state index contributed by atoms with van der Waals surface area (Å²) in [5, 5.41) is 0.872. The highest BCUT2D eigenvalue weighted by Crippen LogP contribution is 2.57. The Morgan fingerprint density at radius 3 is 2.68 bits per heavy atom. The van der Waals surface area contributed by atoms with E-state index in [1.807, 2.05) is 32.0 Å². The normalized spacial score (nSPS) is 28.6. The predicted octanol–water partition coefficient (Wildman–Crippen LogP) is 6.71. The van der Waals surface area contributed by atoms with Crippen molar-refractivity contribution in [3.8, 4) is 11.5 Å². The van der Waals surface area contributed by atoms with Crippen LogP contribution in [0.3, 0.4) is 0 Å². The van der Waals surface area contributed by atoms with Crippen molar-refractivity contribution in [3.63, 3.8) is 0 Å². The van der Waals surface area contributed by atoms with Gasteiger partial charge in [-0.3, -0.25) is 19.4 Å². The molecule has 3 aliphatic rings. The molecular formula is C36H48N2O6. The number of Topliss-reactive ketones (excluding diaryl/α,β-unsaturated/α-hetero) is 1. The number of ketones is 1. The fraction of sp³-hybridized carbons (Fsp3) is 0.611. The molecule has 238 valence electrons. The number of esters is 1. The summed E-state index contributed by atoms with van der Waals surface area (Å²) in [5.41, 5.74) is 1.82. The summed E-state index contributed by atoms with van der Waals surface area (Å²) in [5.74, 6) is 1.03. The van der Waals surface area contributed by atoms with Gasteiger partial charge in [-0.25, -0.2) is 0 Å². The first kappa shape index (κ1) is 32.0. The minimum Gasteiger partial charge on any atom is -0.496 e. The minimum atomic E-state index is -0.840. The molecule has 3 heterocycles. The van der Waals surface area contributed by atoms with Crippen LogP contribution in [-0.4, -0.2) is 60.0 Å². The van der Waals surface area contributed by atoms with Crippen LogP contribution in [0.25, 0.3) is 10.9 Å². The highest BCUT2D eigenvalue weighted by molar-refractivity contribution is 5.95. The first-order valence-electron chi connectivity index (χ1n) is 16.4. The maximum atomic E-state index is 14.1. The molecule has 44 heavy (non-hydrogen) atoms. The average Bonchev–Trinajstić information content (AvgIpc) is 3.53. The number of ether oxygens (including phenoxy) is 3. The topological polar surface area (TPSA) is 95.0 Å². The molecule has 1 saturated carbocycles. The van der Waals surface area contributed by atoms with Crippen LogP contribution >= 0.6 is 0 Å². The second kappa shape index (κ2) is 13.3. The number of hydrogen-bond acceptors (Lipinski definition) is 7. The molecule has 0 spiro atoms. The van der Waals surface area contributed by atoms with E-state index < -0.39 is 11.5 Å². The standard InChI is InChI=1S/C36H48N2O6/c1-7-43-35(41)36-19-25(36)14-12-10-8-9-11-13-23(4)34(40)38-21-26(17-29(38)30(39)20-36)44-32-18-28(22(2)3)37-33-24(5)31(42-6)16-15-27(32)33/h12,14-16,18,22-23,25-26,29H,7-11,13,17,19-21H2,1-6H3/b14-12-/t23-,25+,26+,29-,36+/m0/s1. The molecule has 8 heteroatoms. The van der Waals surface area contributed by atoms with Gasteiger partial charge < -0.3 is 19.1 Å². The van der Waals surface area contributed by atoms with E-state index in [1.54, 1.807) is 18.9 Å². The van der Waals surface area contributed by atoms with Crippen molar-refractivity contribution in [1.82, 2.24) is 9.88 Å². The van der Waals surface area contributed by atoms with E-state index in [1.165, 1.54) is 0 Å². The summed E-state index contributed by atoms with van der Waals surface area (Å²) in [7, 11) is 1.65. The number of benzene rings is 1. The van der Waals surface area contributed by atoms with Crippen LogP contribution in [-0.2, 0) is 19.1 Å². The Balaban J connectivity index is 1.47. The zero-order valence-corrected chi connectivity index (χ0v) is 27.2. The molecular weight excluding hydrogens is 556 g/mol. The predicted molar refractivity (Wildman–Crippen MR) is 170 cm³/mol. The van der Waals surface area contributed by atoms with Gasteiger partial charge in [0.05, 0.1) is 37.2 Å². The number of hydrogen-bond donors (Lipinski definition) is 0. The highest BCUT2D eigenvalue weighted by atomic mass is 16.5. The maximum absolute atomic E-state index is 14.1. The third-order valence-corrected chi connectivity index (χ3v) is 9.79. The lowest BCUT2D eigenvalue weighted by Crippen LogP contribution is -2.44. The van der Waals surface area contributed by atoms with Crippen molar-refractivity contribution < 1.29 is 28.6 Å². The van der Waals surface area contributed by atoms with Crippen LogP contribution in [0.15, 0.2) is 30.4 Å². The molecule has 1 saturated heterocycles. The molecule has 5 atom stereocenters. The number of aromatic nitrogens is 1. The second-order valence-corrected chi connectivity index (χ2v) is 13.3. The van der Waals surface area contributed by atoms with Crippen molar-refractivity contribution in [3.05, 3.63) is 41.6 Å². The zero-order chi connectivity index (χ0) is 31.6. The van der Waals surface area contributed by atoms with E-state index in [9.17, 15) is 14.4 Å².